The molecule has 1 aromatic rings. The number of nitrogens with one attached hydrogen (secondary N) is 1. The molecule has 2 aliphatic rings. The van der Waals surface area contributed by atoms with E-state index in [-0.39, 0.29) is 5.41 Å². The summed E-state index contributed by atoms with van der Waals surface area (Å²) in [4.78, 5) is 5.30. The zero-order valence-electron chi connectivity index (χ0n) is 14.4. The third-order valence-electron chi connectivity index (χ3n) is 5.14. The Kier molecular flexibility index (Phi) is 4.86. The quantitative estimate of drug-likeness (QED) is 0.925. The fraction of sp³-hybridized carbons (Fsp3) is 0.684. The van der Waals surface area contributed by atoms with Crippen LogP contribution in [0.3, 0.4) is 0 Å². The molecular weight excluding hydrogens is 270 g/mol. The van der Waals surface area contributed by atoms with Crippen molar-refractivity contribution in [2.45, 2.75) is 45.2 Å². The van der Waals surface area contributed by atoms with Crippen molar-refractivity contribution in [2.24, 2.45) is 0 Å². The van der Waals surface area contributed by atoms with Crippen LogP contribution in [0.5, 0.6) is 0 Å². The summed E-state index contributed by atoms with van der Waals surface area (Å²) in [6.07, 6.45) is 1.33. The average molecular weight is 301 g/mol. The third-order valence-corrected chi connectivity index (χ3v) is 5.14. The van der Waals surface area contributed by atoms with E-state index in [4.69, 9.17) is 0 Å². The molecule has 1 atom stereocenters. The van der Waals surface area contributed by atoms with Crippen molar-refractivity contribution in [3.63, 3.8) is 0 Å². The molecule has 3 rings (SSSR count). The number of piperazine rings is 1. The van der Waals surface area contributed by atoms with Gasteiger partial charge in [-0.25, -0.2) is 0 Å². The molecule has 2 saturated heterocycles. The monoisotopic (exact) mass is 301 g/mol. The second-order valence-corrected chi connectivity index (χ2v) is 7.91. The Labute approximate surface area is 135 Å². The van der Waals surface area contributed by atoms with Crippen LogP contribution in [-0.2, 0) is 12.0 Å². The molecule has 22 heavy (non-hydrogen) atoms. The van der Waals surface area contributed by atoms with Crippen LogP contribution < -0.4 is 5.32 Å². The Hall–Kier alpha value is -0.900. The minimum atomic E-state index is 0.250. The fourth-order valence-electron chi connectivity index (χ4n) is 3.67. The number of benzene rings is 1. The molecule has 1 N–H and O–H groups in total. The van der Waals surface area contributed by atoms with E-state index in [1.807, 2.05) is 0 Å². The van der Waals surface area contributed by atoms with Crippen molar-refractivity contribution in [1.29, 1.82) is 0 Å². The van der Waals surface area contributed by atoms with Gasteiger partial charge >= 0.3 is 0 Å². The smallest absolute Gasteiger partial charge is 0.0236 e. The van der Waals surface area contributed by atoms with E-state index in [1.165, 1.54) is 43.7 Å². The maximum absolute atomic E-state index is 3.45. The number of hydrogen-bond acceptors (Lipinski definition) is 3. The molecule has 2 aliphatic heterocycles. The lowest BCUT2D eigenvalue weighted by atomic mass is 9.87. The molecule has 0 aliphatic carbocycles. The summed E-state index contributed by atoms with van der Waals surface area (Å²) in [5.41, 5.74) is 3.13. The van der Waals surface area contributed by atoms with Crippen LogP contribution in [0.2, 0.25) is 0 Å². The minimum Gasteiger partial charge on any atom is -0.314 e. The highest BCUT2D eigenvalue weighted by Crippen LogP contribution is 2.23. The van der Waals surface area contributed by atoms with Gasteiger partial charge in [0.05, 0.1) is 0 Å². The summed E-state index contributed by atoms with van der Waals surface area (Å²) >= 11 is 0. The van der Waals surface area contributed by atoms with Gasteiger partial charge in [-0.2, -0.15) is 0 Å². The van der Waals surface area contributed by atoms with Crippen LogP contribution in [0.25, 0.3) is 0 Å². The van der Waals surface area contributed by atoms with E-state index in [9.17, 15) is 0 Å². The highest BCUT2D eigenvalue weighted by atomic mass is 15.3. The van der Waals surface area contributed by atoms with E-state index in [0.29, 0.717) is 0 Å². The highest BCUT2D eigenvalue weighted by Gasteiger charge is 2.28. The predicted octanol–water partition coefficient (Wildman–Crippen LogP) is 2.46. The Bertz CT molecular complexity index is 468. The van der Waals surface area contributed by atoms with Crippen molar-refractivity contribution >= 4 is 0 Å². The van der Waals surface area contributed by atoms with Gasteiger partial charge in [0.15, 0.2) is 0 Å². The van der Waals surface area contributed by atoms with Crippen LogP contribution in [0.4, 0.5) is 0 Å². The Morgan fingerprint density at radius 3 is 2.36 bits per heavy atom. The predicted molar refractivity (Wildman–Crippen MR) is 93.3 cm³/mol. The molecule has 1 unspecified atom stereocenters. The second kappa shape index (κ2) is 6.69. The van der Waals surface area contributed by atoms with Gasteiger partial charge in [0.1, 0.15) is 0 Å². The first-order valence-electron chi connectivity index (χ1n) is 8.79. The number of hydrogen-bond donors (Lipinski definition) is 1. The summed E-state index contributed by atoms with van der Waals surface area (Å²) in [6, 6.07) is 10.0. The molecule has 0 amide bonds. The zero-order valence-corrected chi connectivity index (χ0v) is 14.4. The van der Waals surface area contributed by atoms with E-state index in [0.717, 1.165) is 25.7 Å². The van der Waals surface area contributed by atoms with Crippen LogP contribution in [0, 0.1) is 0 Å². The minimum absolute atomic E-state index is 0.250. The fourth-order valence-corrected chi connectivity index (χ4v) is 3.67. The van der Waals surface area contributed by atoms with Gasteiger partial charge < -0.3 is 5.32 Å². The van der Waals surface area contributed by atoms with Crippen LogP contribution in [-0.4, -0.2) is 55.1 Å². The largest absolute Gasteiger partial charge is 0.314 e. The molecule has 0 saturated carbocycles. The van der Waals surface area contributed by atoms with E-state index >= 15 is 0 Å². The number of rotatable bonds is 3. The molecule has 0 aromatic heterocycles. The second-order valence-electron chi connectivity index (χ2n) is 7.91. The molecule has 3 heteroatoms. The first-order valence-corrected chi connectivity index (χ1v) is 8.79. The molecule has 3 nitrogen and oxygen atoms in total. The topological polar surface area (TPSA) is 18.5 Å². The van der Waals surface area contributed by atoms with Gasteiger partial charge in [0, 0.05) is 51.9 Å². The molecule has 1 aromatic carbocycles. The van der Waals surface area contributed by atoms with Crippen molar-refractivity contribution in [2.75, 3.05) is 39.3 Å². The van der Waals surface area contributed by atoms with Crippen LogP contribution in [0.15, 0.2) is 24.3 Å². The lowest BCUT2D eigenvalue weighted by molar-refractivity contribution is 0.170. The molecule has 2 fully saturated rings. The lowest BCUT2D eigenvalue weighted by Crippen LogP contribution is -2.49. The standard InChI is InChI=1S/C19H31N3/c1-19(2,3)17-6-4-16(5-7-17)14-21-11-8-18(15-21)22-12-9-20-10-13-22/h4-7,18,20H,8-15H2,1-3H3. The summed E-state index contributed by atoms with van der Waals surface area (Å²) in [7, 11) is 0. The van der Waals surface area contributed by atoms with Crippen LogP contribution >= 0.6 is 0 Å². The molecule has 122 valence electrons. The SMILES string of the molecule is CC(C)(C)c1ccc(CN2CCC(N3CCNCC3)C2)cc1. The maximum Gasteiger partial charge on any atom is 0.0236 e. The lowest BCUT2D eigenvalue weighted by Gasteiger charge is -2.32. The Morgan fingerprint density at radius 1 is 1.05 bits per heavy atom. The van der Waals surface area contributed by atoms with E-state index < -0.39 is 0 Å². The maximum atomic E-state index is 3.45. The summed E-state index contributed by atoms with van der Waals surface area (Å²) in [5, 5.41) is 3.45. The number of nitrogens with zero attached hydrogens (tertiary/aromatic N) is 2. The molecule has 0 spiro atoms. The number of likely N-dealkylation sites (tertiary alicyclic amines) is 1. The summed E-state index contributed by atoms with van der Waals surface area (Å²) < 4.78 is 0. The first kappa shape index (κ1) is 16.0. The average Bonchev–Trinajstić information content (AvgIpc) is 2.96. The Morgan fingerprint density at radius 2 is 1.73 bits per heavy atom. The van der Waals surface area contributed by atoms with Gasteiger partial charge in [0.2, 0.25) is 0 Å². The summed E-state index contributed by atoms with van der Waals surface area (Å²) in [5.74, 6) is 0. The highest BCUT2D eigenvalue weighted by molar-refractivity contribution is 5.27. The van der Waals surface area contributed by atoms with Gasteiger partial charge in [-0.15, -0.1) is 0 Å². The molecular formula is C19H31N3. The van der Waals surface area contributed by atoms with Gasteiger partial charge in [-0.05, 0) is 23.0 Å². The van der Waals surface area contributed by atoms with E-state index in [1.54, 1.807) is 0 Å². The van der Waals surface area contributed by atoms with Gasteiger partial charge in [0.25, 0.3) is 0 Å². The van der Waals surface area contributed by atoms with Gasteiger partial charge in [-0.1, -0.05) is 45.0 Å². The normalized spacial score (nSPS) is 24.8. The first-order chi connectivity index (χ1) is 10.5. The van der Waals surface area contributed by atoms with Crippen molar-refractivity contribution in [1.82, 2.24) is 15.1 Å². The van der Waals surface area contributed by atoms with Crippen molar-refractivity contribution in [3.05, 3.63) is 35.4 Å². The van der Waals surface area contributed by atoms with Gasteiger partial charge in [-0.3, -0.25) is 9.80 Å². The molecule has 0 bridgehead atoms. The van der Waals surface area contributed by atoms with Crippen molar-refractivity contribution in [3.8, 4) is 0 Å². The third kappa shape index (κ3) is 3.89. The summed E-state index contributed by atoms with van der Waals surface area (Å²) in [6.45, 7) is 15.2. The zero-order chi connectivity index (χ0) is 15.6. The van der Waals surface area contributed by atoms with Crippen LogP contribution in [0.1, 0.15) is 38.3 Å². The van der Waals surface area contributed by atoms with Crippen molar-refractivity contribution < 1.29 is 0 Å². The molecule has 2 heterocycles. The molecule has 0 radical (unpaired) electrons. The Balaban J connectivity index is 1.53. The van der Waals surface area contributed by atoms with E-state index in [2.05, 4.69) is 60.2 Å².